The summed E-state index contributed by atoms with van der Waals surface area (Å²) in [5, 5.41) is 3.17. The fourth-order valence-electron chi connectivity index (χ4n) is 2.61. The third-order valence-electron chi connectivity index (χ3n) is 4.03. The molecule has 0 bridgehead atoms. The molecule has 0 unspecified atom stereocenters. The standard InChI is InChI=1S/C15H23N3O/c1-3-6-12-9-11(10-13(16)17-12)14(19)18-15(4-2)7-5-8-15/h9-10H,3-8H2,1-2H3,(H2,16,17)(H,18,19). The molecule has 0 radical (unpaired) electrons. The monoisotopic (exact) mass is 261 g/mol. The Morgan fingerprint density at radius 1 is 1.42 bits per heavy atom. The van der Waals surface area contributed by atoms with Crippen molar-refractivity contribution in [2.24, 2.45) is 0 Å². The molecule has 1 aromatic heterocycles. The molecule has 0 aromatic carbocycles. The molecule has 0 aliphatic heterocycles. The molecule has 0 spiro atoms. The number of amides is 1. The second kappa shape index (κ2) is 5.59. The predicted molar refractivity (Wildman–Crippen MR) is 77.0 cm³/mol. The van der Waals surface area contributed by atoms with Gasteiger partial charge in [-0.2, -0.15) is 0 Å². The van der Waals surface area contributed by atoms with Gasteiger partial charge in [0.05, 0.1) is 0 Å². The van der Waals surface area contributed by atoms with Gasteiger partial charge in [0.25, 0.3) is 5.91 Å². The van der Waals surface area contributed by atoms with Crippen LogP contribution < -0.4 is 11.1 Å². The number of aryl methyl sites for hydroxylation is 1. The molecule has 4 nitrogen and oxygen atoms in total. The average molecular weight is 261 g/mol. The van der Waals surface area contributed by atoms with Crippen molar-refractivity contribution < 1.29 is 4.79 Å². The number of hydrogen-bond acceptors (Lipinski definition) is 3. The summed E-state index contributed by atoms with van der Waals surface area (Å²) in [6, 6.07) is 3.52. The van der Waals surface area contributed by atoms with Crippen molar-refractivity contribution >= 4 is 11.7 Å². The van der Waals surface area contributed by atoms with Crippen molar-refractivity contribution in [3.63, 3.8) is 0 Å². The molecule has 1 aromatic rings. The Bertz CT molecular complexity index is 461. The van der Waals surface area contributed by atoms with Crippen molar-refractivity contribution in [2.75, 3.05) is 5.73 Å². The molecule has 1 fully saturated rings. The number of hydrogen-bond donors (Lipinski definition) is 2. The fraction of sp³-hybridized carbons (Fsp3) is 0.600. The van der Waals surface area contributed by atoms with Crippen LogP contribution in [0.2, 0.25) is 0 Å². The first-order valence-corrected chi connectivity index (χ1v) is 7.17. The summed E-state index contributed by atoms with van der Waals surface area (Å²) in [6.45, 7) is 4.22. The lowest BCUT2D eigenvalue weighted by Crippen LogP contribution is -2.53. The van der Waals surface area contributed by atoms with Crippen LogP contribution in [0.25, 0.3) is 0 Å². The first-order valence-electron chi connectivity index (χ1n) is 7.17. The highest BCUT2D eigenvalue weighted by molar-refractivity contribution is 5.95. The quantitative estimate of drug-likeness (QED) is 0.856. The minimum Gasteiger partial charge on any atom is -0.384 e. The maximum absolute atomic E-state index is 12.3. The number of nitrogens with one attached hydrogen (secondary N) is 1. The lowest BCUT2D eigenvalue weighted by Gasteiger charge is -2.42. The van der Waals surface area contributed by atoms with Crippen LogP contribution in [0.15, 0.2) is 12.1 Å². The van der Waals surface area contributed by atoms with Gasteiger partial charge in [-0.05, 0) is 44.2 Å². The van der Waals surface area contributed by atoms with Gasteiger partial charge in [-0.15, -0.1) is 0 Å². The second-order valence-corrected chi connectivity index (χ2v) is 5.46. The fourth-order valence-corrected chi connectivity index (χ4v) is 2.61. The van der Waals surface area contributed by atoms with E-state index in [1.165, 1.54) is 6.42 Å². The van der Waals surface area contributed by atoms with Gasteiger partial charge >= 0.3 is 0 Å². The topological polar surface area (TPSA) is 68.0 Å². The van der Waals surface area contributed by atoms with E-state index in [-0.39, 0.29) is 11.4 Å². The lowest BCUT2D eigenvalue weighted by molar-refractivity contribution is 0.0820. The first-order chi connectivity index (χ1) is 9.08. The predicted octanol–water partition coefficient (Wildman–Crippen LogP) is 2.68. The van der Waals surface area contributed by atoms with Gasteiger partial charge in [0.15, 0.2) is 0 Å². The van der Waals surface area contributed by atoms with Crippen molar-refractivity contribution in [3.05, 3.63) is 23.4 Å². The van der Waals surface area contributed by atoms with Crippen LogP contribution in [0.3, 0.4) is 0 Å². The maximum atomic E-state index is 12.3. The van der Waals surface area contributed by atoms with Crippen LogP contribution in [0.1, 0.15) is 62.0 Å². The Hall–Kier alpha value is -1.58. The molecule has 3 N–H and O–H groups in total. The molecule has 1 aliphatic rings. The zero-order valence-corrected chi connectivity index (χ0v) is 11.8. The van der Waals surface area contributed by atoms with Crippen molar-refractivity contribution in [3.8, 4) is 0 Å². The zero-order valence-electron chi connectivity index (χ0n) is 11.8. The van der Waals surface area contributed by atoms with Gasteiger partial charge in [-0.3, -0.25) is 4.79 Å². The van der Waals surface area contributed by atoms with E-state index in [9.17, 15) is 4.79 Å². The minimum atomic E-state index is -0.0204. The van der Waals surface area contributed by atoms with Gasteiger partial charge in [0.2, 0.25) is 0 Å². The van der Waals surface area contributed by atoms with E-state index in [4.69, 9.17) is 5.73 Å². The van der Waals surface area contributed by atoms with E-state index in [0.29, 0.717) is 11.4 Å². The summed E-state index contributed by atoms with van der Waals surface area (Å²) in [6.07, 6.45) is 6.20. The van der Waals surface area contributed by atoms with Crippen LogP contribution in [0.4, 0.5) is 5.82 Å². The van der Waals surface area contributed by atoms with E-state index in [1.807, 2.05) is 6.07 Å². The Kier molecular flexibility index (Phi) is 4.08. The summed E-state index contributed by atoms with van der Waals surface area (Å²) in [4.78, 5) is 16.6. The largest absolute Gasteiger partial charge is 0.384 e. The number of rotatable bonds is 5. The maximum Gasteiger partial charge on any atom is 0.251 e. The number of nitrogens with two attached hydrogens (primary N) is 1. The molecule has 19 heavy (non-hydrogen) atoms. The van der Waals surface area contributed by atoms with Crippen molar-refractivity contribution in [2.45, 2.75) is 57.9 Å². The molecule has 1 amide bonds. The Balaban J connectivity index is 2.14. The van der Waals surface area contributed by atoms with E-state index >= 15 is 0 Å². The average Bonchev–Trinajstić information content (AvgIpc) is 2.33. The van der Waals surface area contributed by atoms with Gasteiger partial charge in [0, 0.05) is 16.8 Å². The van der Waals surface area contributed by atoms with Gasteiger partial charge in [0.1, 0.15) is 5.82 Å². The molecular formula is C15H23N3O. The van der Waals surface area contributed by atoms with Gasteiger partial charge < -0.3 is 11.1 Å². The molecule has 104 valence electrons. The Labute approximate surface area is 114 Å². The van der Waals surface area contributed by atoms with Gasteiger partial charge in [-0.25, -0.2) is 4.98 Å². The molecule has 1 aliphatic carbocycles. The second-order valence-electron chi connectivity index (χ2n) is 5.46. The molecule has 1 heterocycles. The number of anilines is 1. The van der Waals surface area contributed by atoms with E-state index in [1.54, 1.807) is 6.07 Å². The first kappa shape index (κ1) is 13.8. The van der Waals surface area contributed by atoms with Crippen molar-refractivity contribution in [1.29, 1.82) is 0 Å². The number of nitrogens with zero attached hydrogens (tertiary/aromatic N) is 1. The van der Waals surface area contributed by atoms with E-state index in [2.05, 4.69) is 24.1 Å². The molecular weight excluding hydrogens is 238 g/mol. The number of aromatic nitrogens is 1. The van der Waals surface area contributed by atoms with Crippen LogP contribution in [-0.2, 0) is 6.42 Å². The third-order valence-corrected chi connectivity index (χ3v) is 4.03. The smallest absolute Gasteiger partial charge is 0.251 e. The SMILES string of the molecule is CCCc1cc(C(=O)NC2(CC)CCC2)cc(N)n1. The molecule has 1 saturated carbocycles. The Morgan fingerprint density at radius 3 is 2.68 bits per heavy atom. The highest BCUT2D eigenvalue weighted by Crippen LogP contribution is 2.34. The van der Waals surface area contributed by atoms with Crippen LogP contribution in [0.5, 0.6) is 0 Å². The summed E-state index contributed by atoms with van der Waals surface area (Å²) < 4.78 is 0. The molecule has 2 rings (SSSR count). The molecule has 0 saturated heterocycles. The minimum absolute atomic E-state index is 0.0139. The van der Waals surface area contributed by atoms with Crippen LogP contribution in [-0.4, -0.2) is 16.4 Å². The Morgan fingerprint density at radius 2 is 2.16 bits per heavy atom. The molecule has 0 atom stereocenters. The zero-order chi connectivity index (χ0) is 13.9. The highest BCUT2D eigenvalue weighted by Gasteiger charge is 2.36. The highest BCUT2D eigenvalue weighted by atomic mass is 16.1. The lowest BCUT2D eigenvalue weighted by atomic mass is 9.74. The normalized spacial score (nSPS) is 16.7. The summed E-state index contributed by atoms with van der Waals surface area (Å²) in [5.74, 6) is 0.406. The number of carbonyl (C=O) groups excluding carboxylic acids is 1. The summed E-state index contributed by atoms with van der Waals surface area (Å²) in [5.41, 5.74) is 7.32. The van der Waals surface area contributed by atoms with Gasteiger partial charge in [-0.1, -0.05) is 20.3 Å². The molecule has 4 heteroatoms. The summed E-state index contributed by atoms with van der Waals surface area (Å²) in [7, 11) is 0. The van der Waals surface area contributed by atoms with Crippen molar-refractivity contribution in [1.82, 2.24) is 10.3 Å². The van der Waals surface area contributed by atoms with E-state index in [0.717, 1.165) is 37.8 Å². The summed E-state index contributed by atoms with van der Waals surface area (Å²) >= 11 is 0. The number of nitrogen functional groups attached to an aromatic ring is 1. The van der Waals surface area contributed by atoms with E-state index < -0.39 is 0 Å². The number of carbonyl (C=O) groups is 1. The van der Waals surface area contributed by atoms with Crippen LogP contribution >= 0.6 is 0 Å². The van der Waals surface area contributed by atoms with Crippen LogP contribution in [0, 0.1) is 0 Å². The number of pyridine rings is 1. The third kappa shape index (κ3) is 3.06.